The highest BCUT2D eigenvalue weighted by Crippen LogP contribution is 2.49. The number of aromatic nitrogens is 1. The Bertz CT molecular complexity index is 333. The van der Waals surface area contributed by atoms with Crippen LogP contribution in [-0.4, -0.2) is 21.7 Å². The Kier molecular flexibility index (Phi) is 3.82. The lowest BCUT2D eigenvalue weighted by Gasteiger charge is -2.34. The van der Waals surface area contributed by atoms with Crippen LogP contribution < -0.4 is 4.98 Å². The van der Waals surface area contributed by atoms with Gasteiger partial charge in [-0.1, -0.05) is 23.5 Å². The molecule has 0 bridgehead atoms. The molecular weight excluding hydrogens is 236 g/mol. The maximum absolute atomic E-state index is 3.16. The maximum Gasteiger partial charge on any atom is 0.181 e. The average Bonchev–Trinajstić information content (AvgIpc) is 2.58. The summed E-state index contributed by atoms with van der Waals surface area (Å²) in [6.07, 6.45) is 4.11. The standard InChI is InChI=1S/C12H18N2S2/c1-8(2)14(9(3)4)12-15-10-5-6-13-7-11(10)16-12/h5-9,12H,1-4H3/p+1. The molecule has 1 aliphatic heterocycles. The monoisotopic (exact) mass is 255 g/mol. The van der Waals surface area contributed by atoms with Gasteiger partial charge in [0.15, 0.2) is 12.4 Å². The molecule has 88 valence electrons. The van der Waals surface area contributed by atoms with Crippen molar-refractivity contribution >= 4 is 23.5 Å². The molecule has 2 heterocycles. The van der Waals surface area contributed by atoms with Crippen LogP contribution in [0.4, 0.5) is 0 Å². The van der Waals surface area contributed by atoms with Gasteiger partial charge in [0.2, 0.25) is 0 Å². The molecule has 1 aliphatic rings. The van der Waals surface area contributed by atoms with E-state index in [0.29, 0.717) is 16.8 Å². The molecule has 16 heavy (non-hydrogen) atoms. The second kappa shape index (κ2) is 4.98. The zero-order valence-corrected chi connectivity index (χ0v) is 11.9. The van der Waals surface area contributed by atoms with Crippen molar-refractivity contribution in [1.29, 1.82) is 0 Å². The van der Waals surface area contributed by atoms with Gasteiger partial charge in [0.05, 0.1) is 4.90 Å². The fraction of sp³-hybridized carbons (Fsp3) is 0.583. The molecule has 0 aromatic carbocycles. The van der Waals surface area contributed by atoms with Crippen LogP contribution in [0.15, 0.2) is 28.3 Å². The molecule has 4 heteroatoms. The van der Waals surface area contributed by atoms with Crippen molar-refractivity contribution in [2.24, 2.45) is 0 Å². The SMILES string of the molecule is CC(C)N(C(C)C)C1Sc2cc[nH+]cc2S1. The summed E-state index contributed by atoms with van der Waals surface area (Å²) in [5.74, 6) is 0. The number of rotatable bonds is 3. The number of thioether (sulfide) groups is 2. The van der Waals surface area contributed by atoms with Crippen LogP contribution in [0.1, 0.15) is 27.7 Å². The quantitative estimate of drug-likeness (QED) is 0.826. The van der Waals surface area contributed by atoms with Crippen molar-refractivity contribution in [3.8, 4) is 0 Å². The van der Waals surface area contributed by atoms with Gasteiger partial charge in [-0.15, -0.1) is 0 Å². The highest BCUT2D eigenvalue weighted by molar-refractivity contribution is 8.19. The first-order valence-corrected chi connectivity index (χ1v) is 7.46. The summed E-state index contributed by atoms with van der Waals surface area (Å²) < 4.78 is 0.519. The average molecular weight is 255 g/mol. The van der Waals surface area contributed by atoms with Crippen LogP contribution in [0.3, 0.4) is 0 Å². The highest BCUT2D eigenvalue weighted by Gasteiger charge is 2.32. The molecule has 1 unspecified atom stereocenters. The normalized spacial score (nSPS) is 19.8. The number of nitrogens with zero attached hydrogens (tertiary/aromatic N) is 1. The number of hydrogen-bond acceptors (Lipinski definition) is 3. The topological polar surface area (TPSA) is 17.4 Å². The van der Waals surface area contributed by atoms with E-state index in [1.807, 2.05) is 29.7 Å². The molecule has 2 nitrogen and oxygen atoms in total. The molecule has 1 aromatic rings. The summed E-state index contributed by atoms with van der Waals surface area (Å²) in [6, 6.07) is 3.35. The van der Waals surface area contributed by atoms with Gasteiger partial charge in [0.1, 0.15) is 4.71 Å². The summed E-state index contributed by atoms with van der Waals surface area (Å²) in [6.45, 7) is 9.10. The van der Waals surface area contributed by atoms with Crippen molar-refractivity contribution in [1.82, 2.24) is 4.90 Å². The highest BCUT2D eigenvalue weighted by atomic mass is 32.2. The second-order valence-electron chi connectivity index (χ2n) is 4.55. The van der Waals surface area contributed by atoms with Gasteiger partial charge in [0.25, 0.3) is 0 Å². The first-order valence-electron chi connectivity index (χ1n) is 5.70. The van der Waals surface area contributed by atoms with Crippen molar-refractivity contribution in [3.63, 3.8) is 0 Å². The van der Waals surface area contributed by atoms with Gasteiger partial charge >= 0.3 is 0 Å². The first kappa shape index (κ1) is 12.3. The van der Waals surface area contributed by atoms with Crippen molar-refractivity contribution < 1.29 is 4.98 Å². The molecule has 0 amide bonds. The van der Waals surface area contributed by atoms with Crippen molar-refractivity contribution in [3.05, 3.63) is 18.5 Å². The Morgan fingerprint density at radius 1 is 1.12 bits per heavy atom. The predicted octanol–water partition coefficient (Wildman–Crippen LogP) is 3.10. The molecule has 0 aliphatic carbocycles. The van der Waals surface area contributed by atoms with Crippen molar-refractivity contribution in [2.75, 3.05) is 0 Å². The van der Waals surface area contributed by atoms with Crippen LogP contribution in [0.25, 0.3) is 0 Å². The smallest absolute Gasteiger partial charge is 0.181 e. The first-order chi connectivity index (χ1) is 7.59. The Balaban J connectivity index is 2.15. The van der Waals surface area contributed by atoms with E-state index >= 15 is 0 Å². The Labute approximate surface area is 106 Å². The van der Waals surface area contributed by atoms with Crippen LogP contribution >= 0.6 is 23.5 Å². The van der Waals surface area contributed by atoms with E-state index in [1.165, 1.54) is 9.79 Å². The lowest BCUT2D eigenvalue weighted by Crippen LogP contribution is -2.41. The van der Waals surface area contributed by atoms with Crippen LogP contribution in [-0.2, 0) is 0 Å². The van der Waals surface area contributed by atoms with Crippen LogP contribution in [0.2, 0.25) is 0 Å². The number of fused-ring (bicyclic) bond motifs is 1. The molecule has 0 saturated heterocycles. The minimum Gasteiger partial charge on any atom is -0.278 e. The zero-order valence-electron chi connectivity index (χ0n) is 10.2. The van der Waals surface area contributed by atoms with E-state index in [-0.39, 0.29) is 0 Å². The molecule has 0 radical (unpaired) electrons. The summed E-state index contributed by atoms with van der Waals surface area (Å²) in [7, 11) is 0. The Hall–Kier alpha value is -0.190. The number of H-pyrrole nitrogens is 1. The van der Waals surface area contributed by atoms with E-state index in [0.717, 1.165) is 0 Å². The third-order valence-corrected chi connectivity index (χ3v) is 5.48. The minimum atomic E-state index is 0.519. The fourth-order valence-corrected chi connectivity index (χ4v) is 5.43. The van der Waals surface area contributed by atoms with E-state index in [2.05, 4.69) is 49.8 Å². The molecular formula is C12H19N2S2+. The predicted molar refractivity (Wildman–Crippen MR) is 70.6 cm³/mol. The third-order valence-electron chi connectivity index (χ3n) is 2.68. The third kappa shape index (κ3) is 2.39. The van der Waals surface area contributed by atoms with E-state index in [9.17, 15) is 0 Å². The molecule has 0 saturated carbocycles. The number of pyridine rings is 1. The minimum absolute atomic E-state index is 0.519. The number of hydrogen-bond donors (Lipinski definition) is 0. The van der Waals surface area contributed by atoms with Gasteiger partial charge in [-0.3, -0.25) is 4.90 Å². The fourth-order valence-electron chi connectivity index (χ4n) is 2.04. The molecule has 1 N–H and O–H groups in total. The summed E-state index contributed by atoms with van der Waals surface area (Å²) in [5, 5.41) is 0. The van der Waals surface area contributed by atoms with E-state index in [4.69, 9.17) is 0 Å². The van der Waals surface area contributed by atoms with Crippen LogP contribution in [0.5, 0.6) is 0 Å². The molecule has 0 fully saturated rings. The zero-order chi connectivity index (χ0) is 11.7. The van der Waals surface area contributed by atoms with Crippen LogP contribution in [0, 0.1) is 0 Å². The van der Waals surface area contributed by atoms with E-state index < -0.39 is 0 Å². The summed E-state index contributed by atoms with van der Waals surface area (Å²) in [4.78, 5) is 8.50. The lowest BCUT2D eigenvalue weighted by molar-refractivity contribution is -0.381. The molecule has 1 aromatic heterocycles. The Morgan fingerprint density at radius 3 is 2.31 bits per heavy atom. The van der Waals surface area contributed by atoms with E-state index in [1.54, 1.807) is 0 Å². The molecule has 1 atom stereocenters. The summed E-state index contributed by atoms with van der Waals surface area (Å²) in [5.41, 5.74) is 0. The second-order valence-corrected chi connectivity index (χ2v) is 7.09. The number of aromatic amines is 1. The molecule has 0 spiro atoms. The largest absolute Gasteiger partial charge is 0.278 e. The van der Waals surface area contributed by atoms with Gasteiger partial charge < -0.3 is 0 Å². The Morgan fingerprint density at radius 2 is 1.75 bits per heavy atom. The maximum atomic E-state index is 3.16. The van der Waals surface area contributed by atoms with Gasteiger partial charge in [0, 0.05) is 23.0 Å². The lowest BCUT2D eigenvalue weighted by atomic mass is 10.2. The summed E-state index contributed by atoms with van der Waals surface area (Å²) >= 11 is 3.93. The molecule has 2 rings (SSSR count). The van der Waals surface area contributed by atoms with Gasteiger partial charge in [-0.05, 0) is 27.7 Å². The van der Waals surface area contributed by atoms with Crippen molar-refractivity contribution in [2.45, 2.75) is 54.3 Å². The van der Waals surface area contributed by atoms with Gasteiger partial charge in [-0.25, -0.2) is 4.98 Å². The number of nitrogens with one attached hydrogen (secondary N) is 1. The van der Waals surface area contributed by atoms with Gasteiger partial charge in [-0.2, -0.15) is 0 Å².